The van der Waals surface area contributed by atoms with Crippen LogP contribution in [0.25, 0.3) is 11.5 Å². The molecule has 3 aromatic rings. The third-order valence-electron chi connectivity index (χ3n) is 3.36. The lowest BCUT2D eigenvalue weighted by molar-refractivity contribution is -0.120. The Morgan fingerprint density at radius 2 is 1.92 bits per heavy atom. The van der Waals surface area contributed by atoms with Gasteiger partial charge in [-0.05, 0) is 36.8 Å². The zero-order chi connectivity index (χ0) is 17.6. The Kier molecular flexibility index (Phi) is 5.39. The van der Waals surface area contributed by atoms with Crippen LogP contribution in [0.4, 0.5) is 4.39 Å². The van der Waals surface area contributed by atoms with Gasteiger partial charge in [0.25, 0.3) is 5.22 Å². The monoisotopic (exact) mass is 358 g/mol. The second-order valence-electron chi connectivity index (χ2n) is 5.21. The summed E-state index contributed by atoms with van der Waals surface area (Å²) in [6.45, 7) is 2.08. The Morgan fingerprint density at radius 3 is 2.64 bits per heavy atom. The summed E-state index contributed by atoms with van der Waals surface area (Å²) in [5.74, 6) is -0.0952. The van der Waals surface area contributed by atoms with E-state index >= 15 is 0 Å². The van der Waals surface area contributed by atoms with E-state index in [0.29, 0.717) is 17.7 Å². The van der Waals surface area contributed by atoms with Crippen LogP contribution in [0.2, 0.25) is 0 Å². The normalized spacial score (nSPS) is 11.9. The average Bonchev–Trinajstić information content (AvgIpc) is 3.10. The molecule has 128 valence electrons. The van der Waals surface area contributed by atoms with Gasteiger partial charge in [-0.3, -0.25) is 9.78 Å². The molecule has 0 aliphatic heterocycles. The molecule has 0 unspecified atom stereocenters. The van der Waals surface area contributed by atoms with Gasteiger partial charge in [0, 0.05) is 24.5 Å². The van der Waals surface area contributed by atoms with Crippen LogP contribution in [0.15, 0.2) is 58.4 Å². The van der Waals surface area contributed by atoms with Gasteiger partial charge in [0.05, 0.1) is 5.25 Å². The molecular formula is C17H15FN4O2S. The van der Waals surface area contributed by atoms with Crippen LogP contribution in [0.1, 0.15) is 12.5 Å². The minimum atomic E-state index is -0.411. The topological polar surface area (TPSA) is 80.9 Å². The molecule has 25 heavy (non-hydrogen) atoms. The molecule has 2 heterocycles. The van der Waals surface area contributed by atoms with Crippen molar-refractivity contribution in [3.05, 3.63) is 60.2 Å². The van der Waals surface area contributed by atoms with E-state index in [9.17, 15) is 9.18 Å². The molecule has 1 atom stereocenters. The fraction of sp³-hybridized carbons (Fsp3) is 0.176. The first-order valence-electron chi connectivity index (χ1n) is 7.54. The predicted molar refractivity (Wildman–Crippen MR) is 91.1 cm³/mol. The third kappa shape index (κ3) is 4.63. The van der Waals surface area contributed by atoms with E-state index in [1.165, 1.54) is 23.9 Å². The molecule has 0 radical (unpaired) electrons. The lowest BCUT2D eigenvalue weighted by Crippen LogP contribution is -2.30. The quantitative estimate of drug-likeness (QED) is 0.682. The fourth-order valence-corrected chi connectivity index (χ4v) is 2.72. The first kappa shape index (κ1) is 17.1. The standard InChI is InChI=1S/C17H15FN4O2S/c1-11(15(23)20-10-12-2-4-14(18)5-3-12)25-17-22-21-16(24-17)13-6-8-19-9-7-13/h2-9,11H,10H2,1H3,(H,20,23)/t11-/m1/s1. The number of carbonyl (C=O) groups excluding carboxylic acids is 1. The molecule has 0 bridgehead atoms. The second-order valence-corrected chi connectivity index (χ2v) is 6.51. The molecule has 0 fully saturated rings. The summed E-state index contributed by atoms with van der Waals surface area (Å²) in [7, 11) is 0. The number of amides is 1. The van der Waals surface area contributed by atoms with Crippen LogP contribution in [-0.4, -0.2) is 26.3 Å². The molecule has 2 aromatic heterocycles. The van der Waals surface area contributed by atoms with Gasteiger partial charge < -0.3 is 9.73 Å². The first-order chi connectivity index (χ1) is 12.1. The highest BCUT2D eigenvalue weighted by Crippen LogP contribution is 2.25. The molecule has 0 saturated heterocycles. The Morgan fingerprint density at radius 1 is 1.20 bits per heavy atom. The van der Waals surface area contributed by atoms with Crippen LogP contribution >= 0.6 is 11.8 Å². The van der Waals surface area contributed by atoms with Gasteiger partial charge in [-0.2, -0.15) is 0 Å². The van der Waals surface area contributed by atoms with Crippen LogP contribution < -0.4 is 5.32 Å². The van der Waals surface area contributed by atoms with Crippen molar-refractivity contribution >= 4 is 17.7 Å². The maximum absolute atomic E-state index is 12.9. The van der Waals surface area contributed by atoms with Crippen molar-refractivity contribution in [2.45, 2.75) is 23.9 Å². The number of carbonyl (C=O) groups is 1. The molecular weight excluding hydrogens is 343 g/mol. The summed E-state index contributed by atoms with van der Waals surface area (Å²) < 4.78 is 18.4. The largest absolute Gasteiger partial charge is 0.411 e. The van der Waals surface area contributed by atoms with Crippen LogP contribution in [-0.2, 0) is 11.3 Å². The minimum Gasteiger partial charge on any atom is -0.411 e. The van der Waals surface area contributed by atoms with Crippen molar-refractivity contribution in [2.24, 2.45) is 0 Å². The van der Waals surface area contributed by atoms with E-state index in [-0.39, 0.29) is 11.7 Å². The molecule has 3 rings (SSSR count). The number of hydrogen-bond donors (Lipinski definition) is 1. The summed E-state index contributed by atoms with van der Waals surface area (Å²) >= 11 is 1.18. The minimum absolute atomic E-state index is 0.169. The molecule has 6 nitrogen and oxygen atoms in total. The summed E-state index contributed by atoms with van der Waals surface area (Å²) in [6, 6.07) is 9.51. The molecule has 1 N–H and O–H groups in total. The maximum atomic E-state index is 12.9. The third-order valence-corrected chi connectivity index (χ3v) is 4.29. The molecule has 1 amide bonds. The van der Waals surface area contributed by atoms with Gasteiger partial charge >= 0.3 is 0 Å². The lowest BCUT2D eigenvalue weighted by Gasteiger charge is -2.09. The first-order valence-corrected chi connectivity index (χ1v) is 8.42. The Balaban J connectivity index is 1.54. The lowest BCUT2D eigenvalue weighted by atomic mass is 10.2. The van der Waals surface area contributed by atoms with Crippen LogP contribution in [0.5, 0.6) is 0 Å². The van der Waals surface area contributed by atoms with Crippen LogP contribution in [0.3, 0.4) is 0 Å². The molecule has 0 aliphatic carbocycles. The highest BCUT2D eigenvalue weighted by Gasteiger charge is 2.18. The molecule has 1 aromatic carbocycles. The number of benzene rings is 1. The highest BCUT2D eigenvalue weighted by atomic mass is 32.2. The van der Waals surface area contributed by atoms with Gasteiger partial charge in [-0.1, -0.05) is 23.9 Å². The van der Waals surface area contributed by atoms with Gasteiger partial charge in [0.2, 0.25) is 11.8 Å². The number of thioether (sulfide) groups is 1. The number of rotatable bonds is 6. The van der Waals surface area contributed by atoms with E-state index in [1.54, 1.807) is 43.6 Å². The number of hydrogen-bond acceptors (Lipinski definition) is 6. The van der Waals surface area contributed by atoms with Gasteiger partial charge in [0.15, 0.2) is 0 Å². The average molecular weight is 358 g/mol. The summed E-state index contributed by atoms with van der Waals surface area (Å²) in [6.07, 6.45) is 3.27. The van der Waals surface area contributed by atoms with Crippen molar-refractivity contribution in [3.63, 3.8) is 0 Å². The van der Waals surface area contributed by atoms with E-state index < -0.39 is 5.25 Å². The smallest absolute Gasteiger partial charge is 0.277 e. The zero-order valence-electron chi connectivity index (χ0n) is 13.3. The van der Waals surface area contributed by atoms with Gasteiger partial charge in [-0.25, -0.2) is 4.39 Å². The highest BCUT2D eigenvalue weighted by molar-refractivity contribution is 8.00. The molecule has 0 saturated carbocycles. The maximum Gasteiger partial charge on any atom is 0.277 e. The zero-order valence-corrected chi connectivity index (χ0v) is 14.2. The van der Waals surface area contributed by atoms with Gasteiger partial charge in [0.1, 0.15) is 5.82 Å². The Hall–Kier alpha value is -2.74. The van der Waals surface area contributed by atoms with Crippen LogP contribution in [0, 0.1) is 5.82 Å². The Bertz CT molecular complexity index is 839. The summed E-state index contributed by atoms with van der Waals surface area (Å²) in [5.41, 5.74) is 1.59. The number of aromatic nitrogens is 3. The fourth-order valence-electron chi connectivity index (χ4n) is 2.01. The SMILES string of the molecule is C[C@@H](Sc1nnc(-c2ccncc2)o1)C(=O)NCc1ccc(F)cc1. The van der Waals surface area contributed by atoms with Crippen molar-refractivity contribution < 1.29 is 13.6 Å². The predicted octanol–water partition coefficient (Wildman–Crippen LogP) is 3.07. The van der Waals surface area contributed by atoms with E-state index in [2.05, 4.69) is 20.5 Å². The molecule has 8 heteroatoms. The van der Waals surface area contributed by atoms with Crippen molar-refractivity contribution in [2.75, 3.05) is 0 Å². The summed E-state index contributed by atoms with van der Waals surface area (Å²) in [5, 5.41) is 10.6. The number of pyridine rings is 1. The summed E-state index contributed by atoms with van der Waals surface area (Å²) in [4.78, 5) is 16.1. The molecule has 0 aliphatic rings. The van der Waals surface area contributed by atoms with E-state index in [0.717, 1.165) is 11.1 Å². The van der Waals surface area contributed by atoms with E-state index in [4.69, 9.17) is 4.42 Å². The number of nitrogens with zero attached hydrogens (tertiary/aromatic N) is 3. The van der Waals surface area contributed by atoms with Crippen molar-refractivity contribution in [1.29, 1.82) is 0 Å². The van der Waals surface area contributed by atoms with E-state index in [1.807, 2.05) is 0 Å². The number of halogens is 1. The van der Waals surface area contributed by atoms with Gasteiger partial charge in [-0.15, -0.1) is 10.2 Å². The van der Waals surface area contributed by atoms with Crippen molar-refractivity contribution in [3.8, 4) is 11.5 Å². The number of nitrogens with one attached hydrogen (secondary N) is 1. The second kappa shape index (κ2) is 7.89. The van der Waals surface area contributed by atoms with Crippen molar-refractivity contribution in [1.82, 2.24) is 20.5 Å². The molecule has 0 spiro atoms. The Labute approximate surface area is 147 Å².